The molecule has 22 heavy (non-hydrogen) atoms. The zero-order chi connectivity index (χ0) is 15.6. The van der Waals surface area contributed by atoms with E-state index in [1.807, 2.05) is 23.5 Å². The summed E-state index contributed by atoms with van der Waals surface area (Å²) in [5.41, 5.74) is 0. The lowest BCUT2D eigenvalue weighted by Crippen LogP contribution is -2.22. The Morgan fingerprint density at radius 3 is 1.59 bits per heavy atom. The third kappa shape index (κ3) is 7.27. The van der Waals surface area contributed by atoms with Crippen molar-refractivity contribution in [3.05, 3.63) is 0 Å². The van der Waals surface area contributed by atoms with Crippen molar-refractivity contribution in [1.29, 1.82) is 0 Å². The van der Waals surface area contributed by atoms with Crippen LogP contribution in [0.25, 0.3) is 0 Å². The molecule has 2 aliphatic rings. The van der Waals surface area contributed by atoms with Gasteiger partial charge in [-0.25, -0.2) is 0 Å². The van der Waals surface area contributed by atoms with Crippen LogP contribution in [-0.4, -0.2) is 48.2 Å². The van der Waals surface area contributed by atoms with Gasteiger partial charge in [0.15, 0.2) is 0 Å². The first-order valence-corrected chi connectivity index (χ1v) is 10.5. The van der Waals surface area contributed by atoms with E-state index in [4.69, 9.17) is 9.47 Å². The number of hydrogen-bond donors (Lipinski definition) is 0. The van der Waals surface area contributed by atoms with Crippen LogP contribution in [0.1, 0.15) is 38.5 Å². The topological polar surface area (TPSA) is 52.6 Å². The molecule has 0 aromatic carbocycles. The van der Waals surface area contributed by atoms with Gasteiger partial charge in [-0.05, 0) is 49.0 Å². The molecule has 0 aromatic rings. The number of thioether (sulfide) groups is 2. The van der Waals surface area contributed by atoms with E-state index >= 15 is 0 Å². The minimum Gasteiger partial charge on any atom is -0.465 e. The fraction of sp³-hybridized carbons (Fsp3) is 0.875. The highest BCUT2D eigenvalue weighted by Crippen LogP contribution is 2.22. The normalized spacial score (nSPS) is 25.6. The molecule has 2 aliphatic heterocycles. The van der Waals surface area contributed by atoms with Gasteiger partial charge in [0.1, 0.15) is 0 Å². The van der Waals surface area contributed by atoms with Crippen molar-refractivity contribution in [2.24, 2.45) is 11.8 Å². The zero-order valence-electron chi connectivity index (χ0n) is 13.1. The van der Waals surface area contributed by atoms with E-state index in [-0.39, 0.29) is 11.9 Å². The van der Waals surface area contributed by atoms with Gasteiger partial charge in [-0.3, -0.25) is 9.59 Å². The molecule has 0 aromatic heterocycles. The highest BCUT2D eigenvalue weighted by molar-refractivity contribution is 8.02. The van der Waals surface area contributed by atoms with Gasteiger partial charge < -0.3 is 9.47 Å². The summed E-state index contributed by atoms with van der Waals surface area (Å²) in [7, 11) is 0. The van der Waals surface area contributed by atoms with Gasteiger partial charge >= 0.3 is 11.9 Å². The molecule has 6 heteroatoms. The minimum absolute atomic E-state index is 0.0342. The second-order valence-corrected chi connectivity index (χ2v) is 8.43. The van der Waals surface area contributed by atoms with Crippen molar-refractivity contribution >= 4 is 35.5 Å². The lowest BCUT2D eigenvalue weighted by molar-refractivity contribution is -0.150. The van der Waals surface area contributed by atoms with Crippen LogP contribution < -0.4 is 0 Å². The van der Waals surface area contributed by atoms with Gasteiger partial charge in [-0.15, -0.1) is 0 Å². The van der Waals surface area contributed by atoms with E-state index in [1.54, 1.807) is 0 Å². The Bertz CT molecular complexity index is 308. The molecule has 0 aliphatic carbocycles. The van der Waals surface area contributed by atoms with E-state index in [2.05, 4.69) is 0 Å². The fourth-order valence-electron chi connectivity index (χ4n) is 2.65. The Morgan fingerprint density at radius 2 is 1.23 bits per heavy atom. The first-order valence-electron chi connectivity index (χ1n) is 8.21. The smallest absolute Gasteiger partial charge is 0.305 e. The minimum atomic E-state index is -0.0342. The molecule has 0 radical (unpaired) electrons. The average molecular weight is 347 g/mol. The molecule has 2 fully saturated rings. The van der Waals surface area contributed by atoms with E-state index in [0.717, 1.165) is 25.7 Å². The van der Waals surface area contributed by atoms with E-state index < -0.39 is 0 Å². The average Bonchev–Trinajstić information content (AvgIpc) is 2.53. The summed E-state index contributed by atoms with van der Waals surface area (Å²) in [6.45, 7) is 1.25. The molecule has 2 rings (SSSR count). The highest BCUT2D eigenvalue weighted by Gasteiger charge is 2.20. The summed E-state index contributed by atoms with van der Waals surface area (Å²) in [5, 5.41) is 0. The number of esters is 2. The van der Waals surface area contributed by atoms with Crippen LogP contribution in [0.2, 0.25) is 0 Å². The predicted octanol–water partition coefficient (Wildman–Crippen LogP) is 3.14. The Morgan fingerprint density at radius 1 is 0.773 bits per heavy atom. The van der Waals surface area contributed by atoms with Gasteiger partial charge in [-0.2, -0.15) is 23.5 Å². The third-order valence-corrected chi connectivity index (χ3v) is 6.48. The Balaban J connectivity index is 1.35. The standard InChI is InChI=1S/C16H26O4S2/c17-15-3-1-13(11-19-15)5-7-21-9-10-22-8-6-14-2-4-16(18)20-12-14/h13-14H,1-12H2. The molecule has 2 saturated heterocycles. The molecule has 2 heterocycles. The van der Waals surface area contributed by atoms with Crippen molar-refractivity contribution in [1.82, 2.24) is 0 Å². The molecule has 0 spiro atoms. The number of rotatable bonds is 9. The van der Waals surface area contributed by atoms with Crippen LogP contribution in [0, 0.1) is 11.8 Å². The first-order chi connectivity index (χ1) is 10.7. The fourth-order valence-corrected chi connectivity index (χ4v) is 5.00. The predicted molar refractivity (Wildman–Crippen MR) is 91.3 cm³/mol. The lowest BCUT2D eigenvalue weighted by atomic mass is 9.99. The molecule has 0 N–H and O–H groups in total. The number of cyclic esters (lactones) is 2. The van der Waals surface area contributed by atoms with Crippen molar-refractivity contribution in [2.75, 3.05) is 36.2 Å². The number of ether oxygens (including phenoxy) is 2. The van der Waals surface area contributed by atoms with Crippen LogP contribution in [0.15, 0.2) is 0 Å². The van der Waals surface area contributed by atoms with Crippen LogP contribution in [-0.2, 0) is 19.1 Å². The summed E-state index contributed by atoms with van der Waals surface area (Å²) in [4.78, 5) is 21.9. The molecule has 0 amide bonds. The van der Waals surface area contributed by atoms with Crippen molar-refractivity contribution in [3.8, 4) is 0 Å². The summed E-state index contributed by atoms with van der Waals surface area (Å²) in [6, 6.07) is 0. The Labute approximate surface area is 141 Å². The van der Waals surface area contributed by atoms with Gasteiger partial charge in [0, 0.05) is 24.3 Å². The van der Waals surface area contributed by atoms with Crippen LogP contribution in [0.4, 0.5) is 0 Å². The third-order valence-electron chi connectivity index (χ3n) is 4.19. The van der Waals surface area contributed by atoms with Crippen molar-refractivity contribution < 1.29 is 19.1 Å². The molecule has 0 bridgehead atoms. The molecule has 4 nitrogen and oxygen atoms in total. The molecule has 2 atom stereocenters. The molecule has 0 saturated carbocycles. The van der Waals surface area contributed by atoms with Crippen LogP contribution in [0.3, 0.4) is 0 Å². The number of hydrogen-bond acceptors (Lipinski definition) is 6. The van der Waals surface area contributed by atoms with E-state index in [0.29, 0.717) is 37.9 Å². The molecular weight excluding hydrogens is 320 g/mol. The van der Waals surface area contributed by atoms with Crippen LogP contribution >= 0.6 is 23.5 Å². The maximum Gasteiger partial charge on any atom is 0.305 e. The maximum atomic E-state index is 11.0. The Hall–Kier alpha value is -0.360. The number of carbonyl (C=O) groups excluding carboxylic acids is 2. The van der Waals surface area contributed by atoms with Crippen molar-refractivity contribution in [3.63, 3.8) is 0 Å². The summed E-state index contributed by atoms with van der Waals surface area (Å²) >= 11 is 4.01. The quantitative estimate of drug-likeness (QED) is 0.472. The lowest BCUT2D eigenvalue weighted by Gasteiger charge is -2.21. The second kappa shape index (κ2) is 10.4. The molecule has 126 valence electrons. The van der Waals surface area contributed by atoms with Crippen LogP contribution in [0.5, 0.6) is 0 Å². The SMILES string of the molecule is O=C1CCC(CCSCCSCCC2CCC(=O)OC2)CO1. The van der Waals surface area contributed by atoms with Gasteiger partial charge in [0.05, 0.1) is 13.2 Å². The zero-order valence-corrected chi connectivity index (χ0v) is 14.7. The van der Waals surface area contributed by atoms with E-state index in [9.17, 15) is 9.59 Å². The monoisotopic (exact) mass is 346 g/mol. The Kier molecular flexibility index (Phi) is 8.52. The second-order valence-electron chi connectivity index (χ2n) is 5.98. The van der Waals surface area contributed by atoms with Gasteiger partial charge in [0.2, 0.25) is 0 Å². The highest BCUT2D eigenvalue weighted by atomic mass is 32.2. The first kappa shape index (κ1) is 18.0. The molecule has 2 unspecified atom stereocenters. The maximum absolute atomic E-state index is 11.0. The summed E-state index contributed by atoms with van der Waals surface area (Å²) < 4.78 is 10.2. The van der Waals surface area contributed by atoms with Crippen molar-refractivity contribution in [2.45, 2.75) is 38.5 Å². The largest absolute Gasteiger partial charge is 0.465 e. The summed E-state index contributed by atoms with van der Waals surface area (Å²) in [5.74, 6) is 5.80. The van der Waals surface area contributed by atoms with E-state index in [1.165, 1.54) is 23.0 Å². The number of carbonyl (C=O) groups is 2. The summed E-state index contributed by atoms with van der Waals surface area (Å²) in [6.07, 6.45) is 5.52. The van der Waals surface area contributed by atoms with Gasteiger partial charge in [-0.1, -0.05) is 0 Å². The molecular formula is C16H26O4S2. The van der Waals surface area contributed by atoms with Gasteiger partial charge in [0.25, 0.3) is 0 Å².